The predicted octanol–water partition coefficient (Wildman–Crippen LogP) is 7.67. The number of nitrogens with one attached hydrogen (secondary N) is 8. The van der Waals surface area contributed by atoms with Crippen LogP contribution in [-0.2, 0) is 85.7 Å². The van der Waals surface area contributed by atoms with E-state index in [-0.39, 0.29) is 92.2 Å². The average molecular weight is 1690 g/mol. The molecular formula is C82H129N15O13PS4+. The van der Waals surface area contributed by atoms with Gasteiger partial charge in [0.15, 0.2) is 0 Å². The number of H-pyrrole nitrogens is 2. The van der Waals surface area contributed by atoms with E-state index >= 15 is 0 Å². The smallest absolute Gasteiger partial charge is 0.472 e. The van der Waals surface area contributed by atoms with Crippen LogP contribution in [0.5, 0.6) is 0 Å². The Labute approximate surface area is 701 Å². The summed E-state index contributed by atoms with van der Waals surface area (Å²) in [5, 5.41) is 28.6. The Morgan fingerprint density at radius 3 is 1.50 bits per heavy atom. The van der Waals surface area contributed by atoms with Gasteiger partial charge in [-0.05, 0) is 87.4 Å². The molecule has 0 aliphatic heterocycles. The van der Waals surface area contributed by atoms with Crippen LogP contribution in [0.15, 0.2) is 129 Å². The number of quaternary nitrogens is 2. The summed E-state index contributed by atoms with van der Waals surface area (Å²) in [6, 6.07) is 29.3. The number of aromatic nitrogens is 6. The largest absolute Gasteiger partial charge is 0.550 e. The molecule has 0 fully saturated rings. The van der Waals surface area contributed by atoms with Gasteiger partial charge in [0, 0.05) is 154 Å². The van der Waals surface area contributed by atoms with E-state index in [1.807, 2.05) is 179 Å². The van der Waals surface area contributed by atoms with E-state index in [1.165, 1.54) is 34.4 Å². The average Bonchev–Trinajstić information content (AvgIpc) is 1.79. The summed E-state index contributed by atoms with van der Waals surface area (Å²) >= 11 is 12.7. The molecule has 0 aliphatic carbocycles. The highest BCUT2D eigenvalue weighted by Gasteiger charge is 2.32. The Kier molecular flexibility index (Phi) is 48.0. The summed E-state index contributed by atoms with van der Waals surface area (Å²) in [7, 11) is 9.40. The molecule has 7 atom stereocenters. The van der Waals surface area contributed by atoms with Crippen LogP contribution < -0.4 is 37.0 Å². The first kappa shape index (κ1) is 102. The second-order valence-corrected chi connectivity index (χ2v) is 36.2. The number of aliphatic carboxylic acids is 1. The first-order valence-electron chi connectivity index (χ1n) is 38.8. The molecule has 6 amide bonds. The number of aromatic amines is 2. The number of hydrogen-bond acceptors (Lipinski definition) is 20. The van der Waals surface area contributed by atoms with Gasteiger partial charge in [-0.1, -0.05) is 138 Å². The van der Waals surface area contributed by atoms with E-state index in [9.17, 15) is 52.9 Å². The maximum absolute atomic E-state index is 13.4. The minimum atomic E-state index is -4.21. The number of thiocarbonyl (C=S) groups is 1. The van der Waals surface area contributed by atoms with Crippen LogP contribution >= 0.6 is 56.2 Å². The van der Waals surface area contributed by atoms with Crippen molar-refractivity contribution in [2.75, 3.05) is 146 Å². The summed E-state index contributed by atoms with van der Waals surface area (Å²) in [5.41, 5.74) is 5.58. The first-order valence-corrected chi connectivity index (χ1v) is 43.5. The summed E-state index contributed by atoms with van der Waals surface area (Å²) in [6.45, 7) is 12.5. The fourth-order valence-electron chi connectivity index (χ4n) is 11.8. The SMILES string of the molecule is C.CCC(CC(Cc1ccccc1)C(=O)NCCOP(=O)(O)OCC[N+](C)(C)C)C(=O)NCCc1cnc[nH]1.CSC(=S)SCC(CC(Cc1ccccc1)C(=O)NCCN(C)C)C(=O)NCCc1cn(C(=O)CC(C)(C)C)cn1.C[N+](C)(CCNC(=O)C(Cc1ccccc1)CC(CS)C(=O)NCCc1cnc[nH]1)CCC(=O)[O-]. The fraction of sp³-hybridized carbons (Fsp3) is 0.561. The number of phosphoric acid groups is 1. The summed E-state index contributed by atoms with van der Waals surface area (Å²) in [6.07, 6.45) is 17.3. The van der Waals surface area contributed by atoms with Gasteiger partial charge < -0.3 is 70.5 Å². The van der Waals surface area contributed by atoms with Crippen LogP contribution in [0.1, 0.15) is 112 Å². The quantitative estimate of drug-likeness (QED) is 0.00575. The number of carboxylic acid groups (broad SMARTS) is 1. The summed E-state index contributed by atoms with van der Waals surface area (Å²) in [4.78, 5) is 132. The lowest BCUT2D eigenvalue weighted by molar-refractivity contribution is -0.888. The van der Waals surface area contributed by atoms with Gasteiger partial charge in [-0.15, -0.1) is 23.5 Å². The molecular weight excluding hydrogens is 1560 g/mol. The number of phosphoric ester groups is 1. The highest BCUT2D eigenvalue weighted by atomic mass is 32.2. The van der Waals surface area contributed by atoms with Crippen LogP contribution in [0.4, 0.5) is 0 Å². The van der Waals surface area contributed by atoms with Crippen molar-refractivity contribution in [1.82, 2.24) is 66.3 Å². The number of likely N-dealkylation sites (N-methyl/N-ethyl adjacent to an activating group) is 3. The Morgan fingerprint density at radius 1 is 0.626 bits per heavy atom. The third-order valence-corrected chi connectivity index (χ3v) is 22.7. The maximum atomic E-state index is 13.4. The topological polar surface area (TPSA) is 366 Å². The van der Waals surface area contributed by atoms with Gasteiger partial charge in [0.05, 0.1) is 79.8 Å². The number of thioether (sulfide) groups is 2. The normalized spacial score (nSPS) is 13.6. The molecule has 3 aromatic heterocycles. The van der Waals surface area contributed by atoms with Crippen LogP contribution in [0.2, 0.25) is 0 Å². The molecule has 33 heteroatoms. The number of carbonyl (C=O) groups excluding carboxylic acids is 8. The van der Waals surface area contributed by atoms with Gasteiger partial charge in [0.1, 0.15) is 23.0 Å². The van der Waals surface area contributed by atoms with Gasteiger partial charge >= 0.3 is 7.82 Å². The third kappa shape index (κ3) is 45.1. The lowest BCUT2D eigenvalue weighted by atomic mass is 9.87. The number of carbonyl (C=O) groups is 8. The molecule has 638 valence electrons. The minimum Gasteiger partial charge on any atom is -0.550 e. The van der Waals surface area contributed by atoms with Crippen LogP contribution in [0, 0.1) is 40.9 Å². The second-order valence-electron chi connectivity index (χ2n) is 31.3. The van der Waals surface area contributed by atoms with Crippen molar-refractivity contribution >= 4 is 107 Å². The Hall–Kier alpha value is -7.62. The van der Waals surface area contributed by atoms with Crippen LogP contribution in [0.3, 0.4) is 0 Å². The minimum absolute atomic E-state index is 0. The standard InChI is InChI=1S/C30H45N5O3S3.C26H42N5O6P.C25H37N5O4S.CH4/c1-30(2,3)18-26(36)35-19-25(33-21-35)12-13-31-28(38)24(20-41-29(39)40-6)17-23(16-22-10-8-7-9-11-22)27(37)32-14-15-34(4)5;1-5-22(25(32)28-12-11-24-19-27-20-30-24)18-23(17-21-9-7-6-8-10-21)26(33)29-13-15-36-38(34,35)37-16-14-31(2,3)4;1-30(2,12-9-23(31)32)13-11-28-24(33)20(14-19-6-4-3-5-7-19)15-21(17-35)25(34)27-10-8-22-16-26-18-29-22;/h7-11,19,21,23-24H,12-18,20H2,1-6H3,(H,31,38)(H,32,37);6-10,19-20,22-23H,5,11-18H2,1-4H3,(H3-,27,28,29,30,32,33,34,35);3-7,16,18,20-21H,8-15,17H2,1-2H3,(H4-,26,27,28,29,31,32,33,34,35);1H4/p+1. The highest BCUT2D eigenvalue weighted by molar-refractivity contribution is 8.47. The number of imidazole rings is 3. The number of thiol groups is 1. The molecule has 0 saturated carbocycles. The first-order chi connectivity index (χ1) is 54.1. The number of hydrogen-bond donors (Lipinski definition) is 10. The number of rotatable bonds is 49. The van der Waals surface area contributed by atoms with Crippen molar-refractivity contribution in [3.63, 3.8) is 0 Å². The van der Waals surface area contributed by atoms with Crippen molar-refractivity contribution in [3.8, 4) is 0 Å². The van der Waals surface area contributed by atoms with Crippen molar-refractivity contribution in [3.05, 3.63) is 162 Å². The van der Waals surface area contributed by atoms with Crippen molar-refractivity contribution in [1.29, 1.82) is 0 Å². The van der Waals surface area contributed by atoms with E-state index in [4.69, 9.17) is 21.3 Å². The molecule has 0 bridgehead atoms. The lowest BCUT2D eigenvalue weighted by Crippen LogP contribution is -2.48. The molecule has 9 N–H and O–H groups in total. The molecule has 3 aromatic carbocycles. The molecule has 6 rings (SSSR count). The second kappa shape index (κ2) is 54.4. The summed E-state index contributed by atoms with van der Waals surface area (Å²) < 4.78 is 25.4. The Balaban J connectivity index is 0.000000446. The van der Waals surface area contributed by atoms with E-state index in [2.05, 4.69) is 69.4 Å². The zero-order valence-electron chi connectivity index (χ0n) is 68.6. The van der Waals surface area contributed by atoms with E-state index in [1.54, 1.807) is 31.2 Å². The molecule has 0 saturated heterocycles. The van der Waals surface area contributed by atoms with E-state index in [0.29, 0.717) is 143 Å². The third-order valence-electron chi connectivity index (χ3n) is 18.4. The van der Waals surface area contributed by atoms with Gasteiger partial charge in [0.2, 0.25) is 41.4 Å². The number of carboxylic acids is 1. The Bertz CT molecular complexity index is 3850. The fourth-order valence-corrected chi connectivity index (χ4v) is 14.3. The maximum Gasteiger partial charge on any atom is 0.472 e. The van der Waals surface area contributed by atoms with Crippen LogP contribution in [0.25, 0.3) is 0 Å². The van der Waals surface area contributed by atoms with Gasteiger partial charge in [0.25, 0.3) is 0 Å². The molecule has 115 heavy (non-hydrogen) atoms. The number of benzene rings is 3. The zero-order chi connectivity index (χ0) is 84.1. The van der Waals surface area contributed by atoms with Crippen molar-refractivity contribution in [2.24, 2.45) is 40.9 Å². The monoisotopic (exact) mass is 1690 g/mol. The van der Waals surface area contributed by atoms with Gasteiger partial charge in [-0.3, -0.25) is 47.2 Å². The lowest BCUT2D eigenvalue weighted by Gasteiger charge is -2.30. The molecule has 6 aromatic rings. The summed E-state index contributed by atoms with van der Waals surface area (Å²) in [5.74, 6) is -3.32. The van der Waals surface area contributed by atoms with Crippen molar-refractivity contribution < 1.29 is 70.9 Å². The predicted molar refractivity (Wildman–Crippen MR) is 463 cm³/mol. The van der Waals surface area contributed by atoms with Crippen molar-refractivity contribution in [2.45, 2.75) is 112 Å². The number of amides is 6. The Morgan fingerprint density at radius 2 is 1.06 bits per heavy atom. The van der Waals surface area contributed by atoms with E-state index in [0.717, 1.165) is 43.8 Å². The molecule has 28 nitrogen and oxygen atoms in total. The van der Waals surface area contributed by atoms with Crippen LogP contribution in [-0.4, -0.2) is 245 Å². The van der Waals surface area contributed by atoms with E-state index < -0.39 is 37.5 Å². The molecule has 0 spiro atoms. The van der Waals surface area contributed by atoms with Gasteiger partial charge in [-0.25, -0.2) is 19.5 Å². The molecule has 3 heterocycles. The molecule has 7 unspecified atom stereocenters. The number of nitrogens with zero attached hydrogens (tertiary/aromatic N) is 7. The molecule has 0 aliphatic rings. The highest BCUT2D eigenvalue weighted by Crippen LogP contribution is 2.43. The molecule has 0 radical (unpaired) electrons. The van der Waals surface area contributed by atoms with Gasteiger partial charge in [-0.2, -0.15) is 12.6 Å². The zero-order valence-corrected chi connectivity index (χ0v) is 72.8.